The van der Waals surface area contributed by atoms with Gasteiger partial charge in [0.2, 0.25) is 0 Å². The number of aliphatic imine (C=N–C) groups is 1. The Kier molecular flexibility index (Phi) is 6.53. The largest absolute Gasteiger partial charge is 0.353 e. The van der Waals surface area contributed by atoms with E-state index in [0.717, 1.165) is 5.56 Å². The van der Waals surface area contributed by atoms with Gasteiger partial charge in [-0.25, -0.2) is 8.78 Å². The third kappa shape index (κ3) is 4.43. The summed E-state index contributed by atoms with van der Waals surface area (Å²) in [4.78, 5) is 4.16. The van der Waals surface area contributed by atoms with Crippen molar-refractivity contribution in [2.75, 3.05) is 7.05 Å². The smallest absolute Gasteiger partial charge is 0.191 e. The van der Waals surface area contributed by atoms with Crippen LogP contribution in [-0.2, 0) is 6.54 Å². The van der Waals surface area contributed by atoms with E-state index in [4.69, 9.17) is 0 Å². The summed E-state index contributed by atoms with van der Waals surface area (Å²) in [5.41, 5.74) is 1.31. The van der Waals surface area contributed by atoms with Gasteiger partial charge < -0.3 is 10.6 Å². The Labute approximate surface area is 157 Å². The number of halogens is 3. The van der Waals surface area contributed by atoms with Crippen LogP contribution in [-0.4, -0.2) is 19.0 Å². The molecule has 2 aromatic rings. The molecule has 1 aliphatic rings. The minimum Gasteiger partial charge on any atom is -0.353 e. The van der Waals surface area contributed by atoms with Crippen LogP contribution >= 0.6 is 24.0 Å². The molecule has 0 heterocycles. The second kappa shape index (κ2) is 8.41. The molecule has 2 aromatic carbocycles. The lowest BCUT2D eigenvalue weighted by Gasteiger charge is -2.12. The van der Waals surface area contributed by atoms with Crippen LogP contribution in [0.3, 0.4) is 0 Å². The summed E-state index contributed by atoms with van der Waals surface area (Å²) in [6, 6.07) is 14.0. The number of nitrogens with zero attached hydrogens (tertiary/aromatic N) is 1. The number of rotatable bonds is 4. The van der Waals surface area contributed by atoms with Gasteiger partial charge in [-0.1, -0.05) is 36.4 Å². The Balaban J connectivity index is 0.00000208. The van der Waals surface area contributed by atoms with Gasteiger partial charge in [0, 0.05) is 31.1 Å². The highest BCUT2D eigenvalue weighted by Crippen LogP contribution is 2.42. The molecule has 128 valence electrons. The quantitative estimate of drug-likeness (QED) is 0.429. The maximum absolute atomic E-state index is 13.8. The zero-order valence-corrected chi connectivity index (χ0v) is 15.6. The topological polar surface area (TPSA) is 36.4 Å². The molecule has 0 aromatic heterocycles. The fraction of sp³-hybridized carbons (Fsp3) is 0.278. The molecule has 0 radical (unpaired) electrons. The maximum Gasteiger partial charge on any atom is 0.191 e. The molecule has 6 heteroatoms. The van der Waals surface area contributed by atoms with E-state index in [-0.39, 0.29) is 41.5 Å². The van der Waals surface area contributed by atoms with Crippen molar-refractivity contribution in [2.45, 2.75) is 24.9 Å². The average Bonchev–Trinajstić information content (AvgIpc) is 3.31. The first-order valence-electron chi connectivity index (χ1n) is 7.64. The lowest BCUT2D eigenvalue weighted by atomic mass is 10.1. The molecule has 0 amide bonds. The fourth-order valence-corrected chi connectivity index (χ4v) is 2.69. The SMILES string of the molecule is CN=C(NCc1ccccc1)NC1CC1c1c(F)cccc1F.I. The van der Waals surface area contributed by atoms with Gasteiger partial charge in [0.15, 0.2) is 5.96 Å². The third-order valence-corrected chi connectivity index (χ3v) is 4.01. The zero-order valence-electron chi connectivity index (χ0n) is 13.3. The lowest BCUT2D eigenvalue weighted by Crippen LogP contribution is -2.38. The number of hydrogen-bond donors (Lipinski definition) is 2. The van der Waals surface area contributed by atoms with Gasteiger partial charge in [0.1, 0.15) is 11.6 Å². The molecule has 2 unspecified atom stereocenters. The average molecular weight is 443 g/mol. The minimum atomic E-state index is -0.480. The zero-order chi connectivity index (χ0) is 16.2. The van der Waals surface area contributed by atoms with Crippen LogP contribution in [0.25, 0.3) is 0 Å². The molecule has 1 fully saturated rings. The predicted octanol–water partition coefficient (Wildman–Crippen LogP) is 3.80. The molecule has 0 bridgehead atoms. The van der Waals surface area contributed by atoms with Crippen molar-refractivity contribution in [1.29, 1.82) is 0 Å². The Morgan fingerprint density at radius 3 is 2.38 bits per heavy atom. The molecule has 3 nitrogen and oxygen atoms in total. The highest BCUT2D eigenvalue weighted by molar-refractivity contribution is 14.0. The van der Waals surface area contributed by atoms with E-state index in [9.17, 15) is 8.78 Å². The summed E-state index contributed by atoms with van der Waals surface area (Å²) in [6.07, 6.45) is 0.698. The van der Waals surface area contributed by atoms with Crippen LogP contribution in [0.4, 0.5) is 8.78 Å². The van der Waals surface area contributed by atoms with E-state index >= 15 is 0 Å². The van der Waals surface area contributed by atoms with Crippen LogP contribution in [0.15, 0.2) is 53.5 Å². The van der Waals surface area contributed by atoms with Gasteiger partial charge in [-0.15, -0.1) is 24.0 Å². The van der Waals surface area contributed by atoms with Gasteiger partial charge in [0.25, 0.3) is 0 Å². The maximum atomic E-state index is 13.8. The molecule has 2 atom stereocenters. The Hall–Kier alpha value is -1.70. The summed E-state index contributed by atoms with van der Waals surface area (Å²) in [7, 11) is 1.68. The third-order valence-electron chi connectivity index (χ3n) is 4.01. The van der Waals surface area contributed by atoms with Crippen LogP contribution in [0.5, 0.6) is 0 Å². The van der Waals surface area contributed by atoms with E-state index in [1.807, 2.05) is 30.3 Å². The van der Waals surface area contributed by atoms with Crippen LogP contribution in [0, 0.1) is 11.6 Å². The van der Waals surface area contributed by atoms with Gasteiger partial charge in [-0.3, -0.25) is 4.99 Å². The summed E-state index contributed by atoms with van der Waals surface area (Å²) < 4.78 is 27.6. The highest BCUT2D eigenvalue weighted by Gasteiger charge is 2.42. The second-order valence-electron chi connectivity index (χ2n) is 5.64. The number of guanidine groups is 1. The summed E-state index contributed by atoms with van der Waals surface area (Å²) >= 11 is 0. The molecular formula is C18H20F2IN3. The molecule has 0 aliphatic heterocycles. The van der Waals surface area contributed by atoms with E-state index < -0.39 is 11.6 Å². The van der Waals surface area contributed by atoms with Crippen molar-refractivity contribution in [3.63, 3.8) is 0 Å². The van der Waals surface area contributed by atoms with Crippen LogP contribution in [0.2, 0.25) is 0 Å². The van der Waals surface area contributed by atoms with Crippen molar-refractivity contribution in [3.8, 4) is 0 Å². The van der Waals surface area contributed by atoms with E-state index in [1.165, 1.54) is 18.2 Å². The molecule has 0 spiro atoms. The number of benzene rings is 2. The standard InChI is InChI=1S/C18H19F2N3.HI/c1-21-18(22-11-12-6-3-2-4-7-12)23-16-10-13(16)17-14(19)8-5-9-15(17)20;/h2-9,13,16H,10-11H2,1H3,(H2,21,22,23);1H. The van der Waals surface area contributed by atoms with E-state index in [2.05, 4.69) is 15.6 Å². The van der Waals surface area contributed by atoms with Crippen molar-refractivity contribution in [2.24, 2.45) is 4.99 Å². The Morgan fingerprint density at radius 1 is 1.08 bits per heavy atom. The Bertz CT molecular complexity index is 686. The molecule has 24 heavy (non-hydrogen) atoms. The molecule has 1 saturated carbocycles. The number of nitrogens with one attached hydrogen (secondary N) is 2. The van der Waals surface area contributed by atoms with E-state index in [0.29, 0.717) is 18.9 Å². The molecule has 0 saturated heterocycles. The number of hydrogen-bond acceptors (Lipinski definition) is 1. The van der Waals surface area contributed by atoms with Crippen LogP contribution < -0.4 is 10.6 Å². The molecule has 1 aliphatic carbocycles. The normalized spacial score (nSPS) is 19.4. The first-order chi connectivity index (χ1) is 11.2. The Morgan fingerprint density at radius 2 is 1.75 bits per heavy atom. The van der Waals surface area contributed by atoms with Gasteiger partial charge in [-0.2, -0.15) is 0 Å². The van der Waals surface area contributed by atoms with E-state index in [1.54, 1.807) is 7.05 Å². The molecule has 2 N–H and O–H groups in total. The van der Waals surface area contributed by atoms with Gasteiger partial charge in [-0.05, 0) is 24.1 Å². The van der Waals surface area contributed by atoms with Gasteiger partial charge >= 0.3 is 0 Å². The summed E-state index contributed by atoms with van der Waals surface area (Å²) in [6.45, 7) is 0.645. The first-order valence-corrected chi connectivity index (χ1v) is 7.64. The lowest BCUT2D eigenvalue weighted by molar-refractivity contribution is 0.553. The fourth-order valence-electron chi connectivity index (χ4n) is 2.69. The van der Waals surface area contributed by atoms with Crippen molar-refractivity contribution in [3.05, 3.63) is 71.3 Å². The van der Waals surface area contributed by atoms with Crippen molar-refractivity contribution >= 4 is 29.9 Å². The monoisotopic (exact) mass is 443 g/mol. The summed E-state index contributed by atoms with van der Waals surface area (Å²) in [5.74, 6) is -0.470. The first kappa shape index (κ1) is 18.6. The van der Waals surface area contributed by atoms with Crippen molar-refractivity contribution < 1.29 is 8.78 Å². The van der Waals surface area contributed by atoms with Crippen LogP contribution in [0.1, 0.15) is 23.5 Å². The highest BCUT2D eigenvalue weighted by atomic mass is 127. The molecule has 3 rings (SSSR count). The predicted molar refractivity (Wildman–Crippen MR) is 103 cm³/mol. The molecular weight excluding hydrogens is 423 g/mol. The minimum absolute atomic E-state index is 0. The summed E-state index contributed by atoms with van der Waals surface area (Å²) in [5, 5.41) is 6.43. The van der Waals surface area contributed by atoms with Gasteiger partial charge in [0.05, 0.1) is 0 Å². The van der Waals surface area contributed by atoms with Crippen molar-refractivity contribution in [1.82, 2.24) is 10.6 Å². The second-order valence-corrected chi connectivity index (χ2v) is 5.64.